The molecule has 0 aliphatic heterocycles. The number of carboxylic acid groups (broad SMARTS) is 1. The number of alkyl halides is 3. The zero-order valence-corrected chi connectivity index (χ0v) is 9.90. The van der Waals surface area contributed by atoms with Crippen LogP contribution in [-0.2, 0) is 11.2 Å². The van der Waals surface area contributed by atoms with Gasteiger partial charge in [0.05, 0.1) is 7.11 Å². The summed E-state index contributed by atoms with van der Waals surface area (Å²) in [7, 11) is 1.25. The molecule has 0 aliphatic carbocycles. The first-order valence-corrected chi connectivity index (χ1v) is 5.14. The van der Waals surface area contributed by atoms with Gasteiger partial charge < -0.3 is 20.3 Å². The first kappa shape index (κ1) is 15.1. The molecule has 0 spiro atoms. The van der Waals surface area contributed by atoms with Crippen molar-refractivity contribution in [3.63, 3.8) is 0 Å². The van der Waals surface area contributed by atoms with Crippen molar-refractivity contribution < 1.29 is 32.5 Å². The first-order valence-electron chi connectivity index (χ1n) is 5.14. The molecule has 1 aromatic rings. The van der Waals surface area contributed by atoms with E-state index in [0.717, 1.165) is 12.1 Å². The number of aliphatic carboxylic acids is 1. The fraction of sp³-hybridized carbons (Fsp3) is 0.364. The lowest BCUT2D eigenvalue weighted by atomic mass is 10.1. The van der Waals surface area contributed by atoms with Crippen molar-refractivity contribution >= 4 is 5.97 Å². The molecule has 1 aromatic carbocycles. The van der Waals surface area contributed by atoms with Crippen molar-refractivity contribution in [1.29, 1.82) is 0 Å². The molecule has 0 saturated heterocycles. The third kappa shape index (κ3) is 4.66. The minimum Gasteiger partial charge on any atom is -0.496 e. The van der Waals surface area contributed by atoms with E-state index in [1.165, 1.54) is 13.2 Å². The van der Waals surface area contributed by atoms with Gasteiger partial charge in [-0.15, -0.1) is 13.2 Å². The number of hydrogen-bond donors (Lipinski definition) is 2. The van der Waals surface area contributed by atoms with E-state index in [9.17, 15) is 18.0 Å². The normalized spacial score (nSPS) is 12.9. The number of halogens is 3. The highest BCUT2D eigenvalue weighted by Gasteiger charge is 2.31. The van der Waals surface area contributed by atoms with E-state index in [4.69, 9.17) is 15.6 Å². The molecule has 0 radical (unpaired) electrons. The summed E-state index contributed by atoms with van der Waals surface area (Å²) in [4.78, 5) is 10.6. The molecule has 0 amide bonds. The van der Waals surface area contributed by atoms with Crippen LogP contribution in [0, 0.1) is 0 Å². The van der Waals surface area contributed by atoms with Gasteiger partial charge in [-0.3, -0.25) is 4.79 Å². The Labute approximate surface area is 106 Å². The van der Waals surface area contributed by atoms with E-state index in [1.54, 1.807) is 0 Å². The van der Waals surface area contributed by atoms with Gasteiger partial charge in [-0.1, -0.05) is 6.07 Å². The Morgan fingerprint density at radius 1 is 1.47 bits per heavy atom. The second kappa shape index (κ2) is 5.79. The van der Waals surface area contributed by atoms with Gasteiger partial charge in [0.1, 0.15) is 17.5 Å². The SMILES string of the molecule is COc1cc(OC(F)(F)F)ccc1CC(N)C(=O)O. The smallest absolute Gasteiger partial charge is 0.496 e. The quantitative estimate of drug-likeness (QED) is 0.854. The summed E-state index contributed by atoms with van der Waals surface area (Å²) in [6, 6.07) is 2.21. The van der Waals surface area contributed by atoms with Gasteiger partial charge in [-0.05, 0) is 11.6 Å². The second-order valence-corrected chi connectivity index (χ2v) is 3.67. The van der Waals surface area contributed by atoms with Crippen LogP contribution in [0.1, 0.15) is 5.56 Å². The Hall–Kier alpha value is -1.96. The number of carboxylic acids is 1. The average molecular weight is 279 g/mol. The fourth-order valence-electron chi connectivity index (χ4n) is 1.41. The molecular weight excluding hydrogens is 267 g/mol. The lowest BCUT2D eigenvalue weighted by molar-refractivity contribution is -0.274. The highest BCUT2D eigenvalue weighted by atomic mass is 19.4. The van der Waals surface area contributed by atoms with Gasteiger partial charge in [0.2, 0.25) is 0 Å². The van der Waals surface area contributed by atoms with E-state index in [2.05, 4.69) is 4.74 Å². The van der Waals surface area contributed by atoms with Crippen molar-refractivity contribution in [2.24, 2.45) is 5.73 Å². The number of hydrogen-bond acceptors (Lipinski definition) is 4. The van der Waals surface area contributed by atoms with E-state index in [0.29, 0.717) is 5.56 Å². The van der Waals surface area contributed by atoms with E-state index in [1.807, 2.05) is 0 Å². The molecule has 1 unspecified atom stereocenters. The highest BCUT2D eigenvalue weighted by molar-refractivity contribution is 5.73. The van der Waals surface area contributed by atoms with Gasteiger partial charge >= 0.3 is 12.3 Å². The largest absolute Gasteiger partial charge is 0.573 e. The summed E-state index contributed by atoms with van der Waals surface area (Å²) in [5.41, 5.74) is 5.73. The topological polar surface area (TPSA) is 81.8 Å². The van der Waals surface area contributed by atoms with Gasteiger partial charge in [0.15, 0.2) is 0 Å². The molecular formula is C11H12F3NO4. The summed E-state index contributed by atoms with van der Waals surface area (Å²) >= 11 is 0. The van der Waals surface area contributed by atoms with Crippen molar-refractivity contribution in [3.8, 4) is 11.5 Å². The van der Waals surface area contributed by atoms with Crippen LogP contribution in [0.2, 0.25) is 0 Å². The number of nitrogens with two attached hydrogens (primary N) is 1. The third-order valence-corrected chi connectivity index (χ3v) is 2.25. The highest BCUT2D eigenvalue weighted by Crippen LogP contribution is 2.29. The maximum Gasteiger partial charge on any atom is 0.573 e. The summed E-state index contributed by atoms with van der Waals surface area (Å²) in [6.07, 6.45) is -4.87. The van der Waals surface area contributed by atoms with Crippen LogP contribution in [0.25, 0.3) is 0 Å². The maximum atomic E-state index is 12.0. The molecule has 3 N–H and O–H groups in total. The Morgan fingerprint density at radius 2 is 2.11 bits per heavy atom. The predicted molar refractivity (Wildman–Crippen MR) is 59.0 cm³/mol. The number of rotatable bonds is 5. The van der Waals surface area contributed by atoms with Crippen LogP contribution in [0.15, 0.2) is 18.2 Å². The Morgan fingerprint density at radius 3 is 2.58 bits per heavy atom. The summed E-state index contributed by atoms with van der Waals surface area (Å²) in [5, 5.41) is 8.68. The predicted octanol–water partition coefficient (Wildman–Crippen LogP) is 1.55. The van der Waals surface area contributed by atoms with Gasteiger partial charge in [-0.2, -0.15) is 0 Å². The fourth-order valence-corrected chi connectivity index (χ4v) is 1.41. The van der Waals surface area contributed by atoms with Crippen molar-refractivity contribution in [2.45, 2.75) is 18.8 Å². The van der Waals surface area contributed by atoms with Gasteiger partial charge in [0, 0.05) is 12.5 Å². The molecule has 0 aliphatic rings. The molecule has 0 aromatic heterocycles. The number of carbonyl (C=O) groups is 1. The molecule has 8 heteroatoms. The minimum absolute atomic E-state index is 0.0647. The van der Waals surface area contributed by atoms with E-state index >= 15 is 0 Å². The Bertz CT molecular complexity index is 462. The summed E-state index contributed by atoms with van der Waals surface area (Å²) in [5.74, 6) is -1.58. The summed E-state index contributed by atoms with van der Waals surface area (Å²) < 4.78 is 44.7. The number of benzene rings is 1. The molecule has 1 atom stereocenters. The molecule has 0 heterocycles. The van der Waals surface area contributed by atoms with Crippen LogP contribution in [-0.4, -0.2) is 30.6 Å². The maximum absolute atomic E-state index is 12.0. The van der Waals surface area contributed by atoms with Gasteiger partial charge in [0.25, 0.3) is 0 Å². The molecule has 5 nitrogen and oxygen atoms in total. The monoisotopic (exact) mass is 279 g/mol. The standard InChI is InChI=1S/C11H12F3NO4/c1-18-9-5-7(19-11(12,13)14)3-2-6(9)4-8(15)10(16)17/h2-3,5,8H,4,15H2,1H3,(H,16,17). The van der Waals surface area contributed by atoms with Crippen LogP contribution >= 0.6 is 0 Å². The number of methoxy groups -OCH3 is 1. The van der Waals surface area contributed by atoms with E-state index in [-0.39, 0.29) is 12.2 Å². The van der Waals surface area contributed by atoms with Crippen molar-refractivity contribution in [1.82, 2.24) is 0 Å². The van der Waals surface area contributed by atoms with Crippen LogP contribution in [0.4, 0.5) is 13.2 Å². The molecule has 106 valence electrons. The average Bonchev–Trinajstić information content (AvgIpc) is 2.28. The summed E-state index contributed by atoms with van der Waals surface area (Å²) in [6.45, 7) is 0. The lowest BCUT2D eigenvalue weighted by Crippen LogP contribution is -2.32. The Kier molecular flexibility index (Phi) is 4.60. The second-order valence-electron chi connectivity index (χ2n) is 3.67. The first-order chi connectivity index (χ1) is 8.73. The molecule has 19 heavy (non-hydrogen) atoms. The van der Waals surface area contributed by atoms with Crippen LogP contribution in [0.3, 0.4) is 0 Å². The zero-order chi connectivity index (χ0) is 14.6. The van der Waals surface area contributed by atoms with Crippen molar-refractivity contribution in [3.05, 3.63) is 23.8 Å². The molecule has 1 rings (SSSR count). The minimum atomic E-state index is -4.80. The zero-order valence-electron chi connectivity index (χ0n) is 9.90. The third-order valence-electron chi connectivity index (χ3n) is 2.25. The Balaban J connectivity index is 2.93. The van der Waals surface area contributed by atoms with E-state index < -0.39 is 24.1 Å². The molecule has 0 saturated carbocycles. The molecule has 0 fully saturated rings. The lowest BCUT2D eigenvalue weighted by Gasteiger charge is -2.14. The molecule has 0 bridgehead atoms. The number of ether oxygens (including phenoxy) is 2. The van der Waals surface area contributed by atoms with Crippen LogP contribution in [0.5, 0.6) is 11.5 Å². The van der Waals surface area contributed by atoms with Crippen LogP contribution < -0.4 is 15.2 Å². The van der Waals surface area contributed by atoms with Gasteiger partial charge in [-0.25, -0.2) is 0 Å². The van der Waals surface area contributed by atoms with Crippen molar-refractivity contribution in [2.75, 3.05) is 7.11 Å².